The first-order chi connectivity index (χ1) is 20.8. The topological polar surface area (TPSA) is 208 Å². The average Bonchev–Trinajstić information content (AvgIpc) is 3.44. The van der Waals surface area contributed by atoms with Crippen LogP contribution in [0, 0.1) is 10.4 Å². The van der Waals surface area contributed by atoms with Crippen molar-refractivity contribution < 1.29 is 30.0 Å². The summed E-state index contributed by atoms with van der Waals surface area (Å²) in [6, 6.07) is 4.10. The fraction of sp³-hybridized carbons (Fsp3) is 0.188. The fourth-order valence-corrected chi connectivity index (χ4v) is 6.13. The van der Waals surface area contributed by atoms with Crippen molar-refractivity contribution in [2.75, 3.05) is 7.11 Å². The summed E-state index contributed by atoms with van der Waals surface area (Å²) in [5.41, 5.74) is -5.79. The zero-order chi connectivity index (χ0) is 32.2. The number of carboxylic acids is 1. The number of phenols is 1. The van der Waals surface area contributed by atoms with Crippen LogP contribution in [-0.4, -0.2) is 38.5 Å². The molecule has 1 unspecified atom stereocenters. The third kappa shape index (κ3) is 4.06. The number of carbonyl (C=O) groups is 1. The Hall–Kier alpha value is -5.78. The van der Waals surface area contributed by atoms with Crippen LogP contribution in [0.25, 0.3) is 28.4 Å². The van der Waals surface area contributed by atoms with Crippen molar-refractivity contribution in [2.24, 2.45) is 0 Å². The number of benzene rings is 1. The van der Waals surface area contributed by atoms with Crippen molar-refractivity contribution in [3.05, 3.63) is 125 Å². The molecule has 1 aromatic heterocycles. The molecule has 0 aliphatic heterocycles. The van der Waals surface area contributed by atoms with Gasteiger partial charge in [0, 0.05) is 24.2 Å². The number of methoxy groups -OCH3 is 1. The number of carboxylic acid groups (broad SMARTS) is 1. The number of hydrogen-bond acceptors (Lipinski definition) is 10. The van der Waals surface area contributed by atoms with Crippen molar-refractivity contribution in [3.8, 4) is 11.5 Å². The molecule has 1 aromatic carbocycles. The minimum absolute atomic E-state index is 0.0287. The SMILES string of the molecule is C/C=C/C=C/c1cc2cc3c(c(O)c2c(=O)[nH]1)C1(CC3)C(O)=c2c(=O)c3c(=O)cc(OC)c(=O)c=3c(=O)c2=C1O.CC(=O)O. The van der Waals surface area contributed by atoms with Gasteiger partial charge in [0.15, 0.2) is 11.2 Å². The predicted octanol–water partition coefficient (Wildman–Crippen LogP) is 0.194. The van der Waals surface area contributed by atoms with E-state index in [0.717, 1.165) is 20.1 Å². The van der Waals surface area contributed by atoms with Crippen LogP contribution in [0.15, 0.2) is 60.4 Å². The van der Waals surface area contributed by atoms with Crippen LogP contribution < -0.4 is 42.4 Å². The van der Waals surface area contributed by atoms with Gasteiger partial charge < -0.3 is 30.1 Å². The third-order valence-corrected chi connectivity index (χ3v) is 7.85. The lowest BCUT2D eigenvalue weighted by molar-refractivity contribution is -0.134. The number of aliphatic carboxylic acids is 1. The molecule has 12 nitrogen and oxygen atoms in total. The molecule has 224 valence electrons. The van der Waals surface area contributed by atoms with Crippen LogP contribution in [0.2, 0.25) is 0 Å². The summed E-state index contributed by atoms with van der Waals surface area (Å²) < 4.78 is 4.89. The second-order valence-electron chi connectivity index (χ2n) is 10.3. The van der Waals surface area contributed by atoms with E-state index >= 15 is 0 Å². The number of aliphatic hydroxyl groups is 2. The van der Waals surface area contributed by atoms with Gasteiger partial charge in [-0.2, -0.15) is 0 Å². The van der Waals surface area contributed by atoms with Gasteiger partial charge in [0.1, 0.15) is 22.7 Å². The number of aromatic nitrogens is 1. The Morgan fingerprint density at radius 1 is 0.909 bits per heavy atom. The molecule has 6 rings (SSSR count). The van der Waals surface area contributed by atoms with E-state index in [2.05, 4.69) is 4.98 Å². The second kappa shape index (κ2) is 10.5. The molecule has 44 heavy (non-hydrogen) atoms. The molecule has 0 saturated heterocycles. The summed E-state index contributed by atoms with van der Waals surface area (Å²) in [6.45, 7) is 2.93. The van der Waals surface area contributed by atoms with Crippen molar-refractivity contribution in [1.29, 1.82) is 0 Å². The molecule has 0 saturated carbocycles. The molecule has 1 heterocycles. The summed E-state index contributed by atoms with van der Waals surface area (Å²) in [5, 5.41) is 39.4. The number of aliphatic hydroxyl groups excluding tert-OH is 2. The Morgan fingerprint density at radius 3 is 2.11 bits per heavy atom. The standard InChI is InChI=1S/C30H21NO9.C2H4O2/c1-3-4-5-6-14-10-13-9-12-7-8-30(22(12)26(36)17(13)29(39)31-14)27(37)20-21(28(30)38)25(35)19-18(24(20)34)15(32)11-16(40-2)23(19)33;1-2(3)4/h3-6,9-11,36-38H,7-8H2,1-2H3,(H,31,39);1H3,(H,3,4)/b4-3+,6-5+;. The van der Waals surface area contributed by atoms with E-state index in [4.69, 9.17) is 14.6 Å². The highest BCUT2D eigenvalue weighted by Gasteiger charge is 2.53. The quantitative estimate of drug-likeness (QED) is 0.201. The summed E-state index contributed by atoms with van der Waals surface area (Å²) in [4.78, 5) is 77.4. The predicted molar refractivity (Wildman–Crippen MR) is 160 cm³/mol. The molecule has 0 amide bonds. The van der Waals surface area contributed by atoms with Gasteiger partial charge in [-0.05, 0) is 42.9 Å². The number of aromatic hydroxyl groups is 1. The van der Waals surface area contributed by atoms with Gasteiger partial charge in [-0.25, -0.2) is 0 Å². The number of hydrogen-bond donors (Lipinski definition) is 5. The summed E-state index contributed by atoms with van der Waals surface area (Å²) in [7, 11) is 1.13. The van der Waals surface area contributed by atoms with E-state index in [-0.39, 0.29) is 23.8 Å². The normalized spacial score (nSPS) is 17.1. The number of phenolic OH excluding ortho intramolecular Hbond substituents is 1. The molecular weight excluding hydrogens is 574 g/mol. The number of pyridine rings is 1. The van der Waals surface area contributed by atoms with E-state index in [1.54, 1.807) is 30.4 Å². The zero-order valence-corrected chi connectivity index (χ0v) is 23.6. The van der Waals surface area contributed by atoms with E-state index in [1.165, 1.54) is 0 Å². The van der Waals surface area contributed by atoms with Gasteiger partial charge in [0.05, 0.1) is 33.4 Å². The summed E-state index contributed by atoms with van der Waals surface area (Å²) >= 11 is 0. The molecule has 5 N–H and O–H groups in total. The Morgan fingerprint density at radius 2 is 1.52 bits per heavy atom. The highest BCUT2D eigenvalue weighted by Crippen LogP contribution is 2.54. The smallest absolute Gasteiger partial charge is 0.300 e. The number of fused-ring (bicyclic) bond motifs is 4. The number of aryl methyl sites for hydroxylation is 1. The molecule has 1 spiro atoms. The highest BCUT2D eigenvalue weighted by atomic mass is 16.5. The number of ether oxygens (including phenoxy) is 1. The molecule has 2 aromatic rings. The lowest BCUT2D eigenvalue weighted by atomic mass is 9.78. The first-order valence-corrected chi connectivity index (χ1v) is 13.3. The molecule has 0 bridgehead atoms. The molecular formula is C32H25NO11. The Kier molecular flexibility index (Phi) is 7.08. The minimum atomic E-state index is -1.93. The average molecular weight is 600 g/mol. The molecule has 1 atom stereocenters. The van der Waals surface area contributed by atoms with Crippen LogP contribution in [-0.2, 0) is 16.6 Å². The van der Waals surface area contributed by atoms with Crippen molar-refractivity contribution in [3.63, 3.8) is 0 Å². The van der Waals surface area contributed by atoms with E-state index in [1.807, 2.05) is 13.0 Å². The van der Waals surface area contributed by atoms with Gasteiger partial charge in [-0.15, -0.1) is 0 Å². The molecule has 0 fully saturated rings. The van der Waals surface area contributed by atoms with E-state index < -0.39 is 82.6 Å². The van der Waals surface area contributed by atoms with Crippen molar-refractivity contribution >= 4 is 34.3 Å². The van der Waals surface area contributed by atoms with Gasteiger partial charge in [0.25, 0.3) is 11.5 Å². The van der Waals surface area contributed by atoms with Gasteiger partial charge >= 0.3 is 0 Å². The van der Waals surface area contributed by atoms with Gasteiger partial charge in [-0.3, -0.25) is 28.8 Å². The van der Waals surface area contributed by atoms with Crippen LogP contribution >= 0.6 is 0 Å². The fourth-order valence-electron chi connectivity index (χ4n) is 6.13. The van der Waals surface area contributed by atoms with Crippen LogP contribution in [0.1, 0.15) is 37.1 Å². The lowest BCUT2D eigenvalue weighted by Crippen LogP contribution is -2.51. The number of rotatable bonds is 3. The summed E-state index contributed by atoms with van der Waals surface area (Å²) in [5.74, 6) is -3.28. The first-order valence-electron chi connectivity index (χ1n) is 13.3. The second-order valence-corrected chi connectivity index (χ2v) is 10.3. The summed E-state index contributed by atoms with van der Waals surface area (Å²) in [6.07, 6.45) is 7.15. The maximum atomic E-state index is 13.6. The van der Waals surface area contributed by atoms with Crippen molar-refractivity contribution in [2.45, 2.75) is 32.1 Å². The van der Waals surface area contributed by atoms with Crippen LogP contribution in [0.5, 0.6) is 11.5 Å². The van der Waals surface area contributed by atoms with E-state index in [9.17, 15) is 39.3 Å². The molecule has 4 aliphatic rings. The third-order valence-electron chi connectivity index (χ3n) is 7.85. The van der Waals surface area contributed by atoms with E-state index in [0.29, 0.717) is 16.6 Å². The Bertz CT molecular complexity index is 2460. The first kappa shape index (κ1) is 29.7. The number of H-pyrrole nitrogens is 1. The minimum Gasteiger partial charge on any atom is -0.510 e. The monoisotopic (exact) mass is 599 g/mol. The van der Waals surface area contributed by atoms with Crippen LogP contribution in [0.4, 0.5) is 0 Å². The zero-order valence-electron chi connectivity index (χ0n) is 23.6. The largest absolute Gasteiger partial charge is 0.510 e. The number of allylic oxidation sites excluding steroid dienone is 3. The van der Waals surface area contributed by atoms with Gasteiger partial charge in [0.2, 0.25) is 16.3 Å². The maximum absolute atomic E-state index is 13.6. The van der Waals surface area contributed by atoms with Crippen LogP contribution in [0.3, 0.4) is 0 Å². The lowest BCUT2D eigenvalue weighted by Gasteiger charge is -2.27. The van der Waals surface area contributed by atoms with Gasteiger partial charge in [-0.1, -0.05) is 24.3 Å². The Balaban J connectivity index is 0.000000906. The molecule has 0 radical (unpaired) electrons. The molecule has 12 heteroatoms. The number of aromatic amines is 1. The number of nitrogens with one attached hydrogen (secondary N) is 1. The highest BCUT2D eigenvalue weighted by molar-refractivity contribution is 5.94. The Labute approximate surface area is 245 Å². The van der Waals surface area contributed by atoms with Crippen molar-refractivity contribution in [1.82, 2.24) is 4.98 Å². The maximum Gasteiger partial charge on any atom is 0.300 e. The molecule has 4 aliphatic carbocycles.